The molecule has 3 aliphatic rings. The number of halogens is 4. The van der Waals surface area contributed by atoms with Gasteiger partial charge >= 0.3 is 0 Å². The number of rotatable bonds is 10. The van der Waals surface area contributed by atoms with E-state index in [2.05, 4.69) is 6.92 Å². The summed E-state index contributed by atoms with van der Waals surface area (Å²) >= 11 is 0. The number of fused-ring (bicyclic) bond motifs is 1. The van der Waals surface area contributed by atoms with Crippen molar-refractivity contribution >= 4 is 0 Å². The predicted octanol–water partition coefficient (Wildman–Crippen LogP) is 10.5. The van der Waals surface area contributed by atoms with Gasteiger partial charge in [0.2, 0.25) is 11.6 Å². The van der Waals surface area contributed by atoms with Crippen LogP contribution in [0.2, 0.25) is 0 Å². The van der Waals surface area contributed by atoms with Crippen molar-refractivity contribution in [2.45, 2.75) is 97.3 Å². The van der Waals surface area contributed by atoms with E-state index in [0.717, 1.165) is 36.5 Å². The molecule has 0 saturated heterocycles. The monoisotopic (exact) mass is 574 g/mol. The van der Waals surface area contributed by atoms with Crippen molar-refractivity contribution in [2.24, 2.45) is 35.5 Å². The Bertz CT molecular complexity index is 1160. The quantitative estimate of drug-likeness (QED) is 0.263. The van der Waals surface area contributed by atoms with E-state index < -0.39 is 23.3 Å². The lowest BCUT2D eigenvalue weighted by Gasteiger charge is -2.45. The minimum atomic E-state index is -1.27. The summed E-state index contributed by atoms with van der Waals surface area (Å²) in [7, 11) is 0. The maximum atomic E-state index is 15.0. The fraction of sp³-hybridized carbons (Fsp3) is 0.657. The number of hydrogen-bond donors (Lipinski definition) is 0. The summed E-state index contributed by atoms with van der Waals surface area (Å²) in [6, 6.07) is 4.99. The molecule has 3 saturated carbocycles. The van der Waals surface area contributed by atoms with Crippen LogP contribution in [0.5, 0.6) is 11.5 Å². The lowest BCUT2D eigenvalue weighted by Crippen LogP contribution is -2.35. The Balaban J connectivity index is 1.13. The Labute approximate surface area is 243 Å². The van der Waals surface area contributed by atoms with Crippen LogP contribution in [0.4, 0.5) is 17.6 Å². The van der Waals surface area contributed by atoms with E-state index in [1.54, 1.807) is 6.92 Å². The molecule has 226 valence electrons. The van der Waals surface area contributed by atoms with Gasteiger partial charge in [0, 0.05) is 11.1 Å². The minimum Gasteiger partial charge on any atom is -0.491 e. The second-order valence-electron chi connectivity index (χ2n) is 12.9. The highest BCUT2D eigenvalue weighted by atomic mass is 19.2. The Hall–Kier alpha value is -2.24. The summed E-state index contributed by atoms with van der Waals surface area (Å²) < 4.78 is 69.7. The van der Waals surface area contributed by atoms with E-state index >= 15 is 0 Å². The molecule has 2 aromatic carbocycles. The molecule has 0 N–H and O–H groups in total. The molecule has 0 spiro atoms. The third-order valence-corrected chi connectivity index (χ3v) is 10.4. The fourth-order valence-electron chi connectivity index (χ4n) is 8.11. The van der Waals surface area contributed by atoms with Gasteiger partial charge in [0.1, 0.15) is 0 Å². The van der Waals surface area contributed by atoms with Gasteiger partial charge in [0.25, 0.3) is 0 Å². The van der Waals surface area contributed by atoms with Crippen LogP contribution in [0.15, 0.2) is 24.3 Å². The highest BCUT2D eigenvalue weighted by Crippen LogP contribution is 2.49. The van der Waals surface area contributed by atoms with Gasteiger partial charge in [-0.3, -0.25) is 0 Å². The van der Waals surface area contributed by atoms with Crippen molar-refractivity contribution in [3.05, 3.63) is 47.5 Å². The van der Waals surface area contributed by atoms with Gasteiger partial charge in [-0.2, -0.15) is 8.78 Å². The molecule has 0 amide bonds. The lowest BCUT2D eigenvalue weighted by atomic mass is 9.61. The van der Waals surface area contributed by atoms with Gasteiger partial charge in [-0.05, 0) is 118 Å². The van der Waals surface area contributed by atoms with Crippen LogP contribution in [0.3, 0.4) is 0 Å². The van der Waals surface area contributed by atoms with Crippen molar-refractivity contribution < 1.29 is 27.0 Å². The van der Waals surface area contributed by atoms with Crippen LogP contribution >= 0.6 is 0 Å². The Kier molecular flexibility index (Phi) is 10.2. The largest absolute Gasteiger partial charge is 0.491 e. The van der Waals surface area contributed by atoms with Crippen molar-refractivity contribution in [1.29, 1.82) is 0 Å². The molecule has 6 heteroatoms. The van der Waals surface area contributed by atoms with E-state index in [4.69, 9.17) is 9.47 Å². The summed E-state index contributed by atoms with van der Waals surface area (Å²) in [5, 5.41) is 0. The molecule has 0 heterocycles. The van der Waals surface area contributed by atoms with Gasteiger partial charge in [-0.1, -0.05) is 39.0 Å². The number of benzene rings is 2. The highest BCUT2D eigenvalue weighted by molar-refractivity contribution is 5.67. The molecule has 2 aromatic rings. The lowest BCUT2D eigenvalue weighted by molar-refractivity contribution is 0.0478. The SMILES string of the molecule is CCCCC1CCC(C2CCC3CC(COc4ccc(-c5ccc(OCC)c(F)c5F)c(F)c4F)CCC3C2)CC1. The average molecular weight is 575 g/mol. The Morgan fingerprint density at radius 3 is 1.71 bits per heavy atom. The van der Waals surface area contributed by atoms with Crippen molar-refractivity contribution in [3.63, 3.8) is 0 Å². The Morgan fingerprint density at radius 2 is 1.10 bits per heavy atom. The van der Waals surface area contributed by atoms with Crippen LogP contribution in [0.25, 0.3) is 11.1 Å². The fourth-order valence-corrected chi connectivity index (χ4v) is 8.11. The van der Waals surface area contributed by atoms with E-state index in [0.29, 0.717) is 18.4 Å². The van der Waals surface area contributed by atoms with Gasteiger partial charge < -0.3 is 9.47 Å². The first kappa shape index (κ1) is 30.2. The number of ether oxygens (including phenoxy) is 2. The molecule has 4 atom stereocenters. The minimum absolute atomic E-state index is 0.160. The van der Waals surface area contributed by atoms with Crippen LogP contribution < -0.4 is 9.47 Å². The molecule has 0 aliphatic heterocycles. The van der Waals surface area contributed by atoms with E-state index in [1.165, 1.54) is 94.9 Å². The van der Waals surface area contributed by atoms with Crippen molar-refractivity contribution in [3.8, 4) is 22.6 Å². The van der Waals surface area contributed by atoms with Crippen molar-refractivity contribution in [1.82, 2.24) is 0 Å². The standard InChI is InChI=1S/C35H46F4O2/c1-3-5-6-22-7-10-24(11-8-22)26-14-13-25-19-23(9-12-27(25)20-26)21-41-31-18-16-29(33(37)35(31)39)28-15-17-30(40-4-2)34(38)32(28)36/h15-18,22-27H,3-14,19-21H2,1-2H3. The van der Waals surface area contributed by atoms with E-state index in [-0.39, 0.29) is 29.2 Å². The first-order valence-corrected chi connectivity index (χ1v) is 16.1. The molecule has 2 nitrogen and oxygen atoms in total. The smallest absolute Gasteiger partial charge is 0.201 e. The van der Waals surface area contributed by atoms with Gasteiger partial charge in [-0.25, -0.2) is 8.78 Å². The summed E-state index contributed by atoms with van der Waals surface area (Å²) in [5.41, 5.74) is -0.701. The number of unbranched alkanes of at least 4 members (excludes halogenated alkanes) is 1. The molecular weight excluding hydrogens is 528 g/mol. The first-order chi connectivity index (χ1) is 19.9. The van der Waals surface area contributed by atoms with Crippen LogP contribution in [0.1, 0.15) is 97.3 Å². The summed E-state index contributed by atoms with van der Waals surface area (Å²) in [6.45, 7) is 4.44. The third kappa shape index (κ3) is 6.88. The summed E-state index contributed by atoms with van der Waals surface area (Å²) in [6.07, 6.45) is 17.1. The predicted molar refractivity (Wildman–Crippen MR) is 155 cm³/mol. The molecule has 0 aromatic heterocycles. The average Bonchev–Trinajstić information content (AvgIpc) is 2.99. The molecule has 0 radical (unpaired) electrons. The zero-order valence-corrected chi connectivity index (χ0v) is 24.7. The normalized spacial score (nSPS) is 28.2. The molecule has 0 bridgehead atoms. The zero-order chi connectivity index (χ0) is 28.9. The van der Waals surface area contributed by atoms with Crippen LogP contribution in [0, 0.1) is 58.8 Å². The topological polar surface area (TPSA) is 18.5 Å². The molecule has 41 heavy (non-hydrogen) atoms. The molecule has 3 aliphatic carbocycles. The second-order valence-corrected chi connectivity index (χ2v) is 12.9. The van der Waals surface area contributed by atoms with E-state index in [9.17, 15) is 17.6 Å². The number of hydrogen-bond acceptors (Lipinski definition) is 2. The van der Waals surface area contributed by atoms with Crippen molar-refractivity contribution in [2.75, 3.05) is 13.2 Å². The van der Waals surface area contributed by atoms with Gasteiger partial charge in [0.15, 0.2) is 23.1 Å². The first-order valence-electron chi connectivity index (χ1n) is 16.1. The summed E-state index contributed by atoms with van der Waals surface area (Å²) in [5.74, 6) is -0.758. The zero-order valence-electron chi connectivity index (χ0n) is 24.7. The maximum absolute atomic E-state index is 15.0. The van der Waals surface area contributed by atoms with Crippen LogP contribution in [-0.4, -0.2) is 13.2 Å². The highest BCUT2D eigenvalue weighted by Gasteiger charge is 2.39. The van der Waals surface area contributed by atoms with Crippen LogP contribution in [-0.2, 0) is 0 Å². The van der Waals surface area contributed by atoms with Gasteiger partial charge in [-0.15, -0.1) is 0 Å². The third-order valence-electron chi connectivity index (χ3n) is 10.4. The maximum Gasteiger partial charge on any atom is 0.201 e. The summed E-state index contributed by atoms with van der Waals surface area (Å²) in [4.78, 5) is 0. The molecule has 3 fully saturated rings. The van der Waals surface area contributed by atoms with E-state index in [1.807, 2.05) is 0 Å². The van der Waals surface area contributed by atoms with Gasteiger partial charge in [0.05, 0.1) is 13.2 Å². The second kappa shape index (κ2) is 13.8. The Morgan fingerprint density at radius 1 is 0.585 bits per heavy atom. The molecule has 5 rings (SSSR count). The molecular formula is C35H46F4O2. The molecule has 4 unspecified atom stereocenters.